The van der Waals surface area contributed by atoms with Gasteiger partial charge in [-0.2, -0.15) is 4.09 Å². The number of hydrogen-bond donors (Lipinski definition) is 1. The molecule has 9 heteroatoms. The quantitative estimate of drug-likeness (QED) is 0.806. The normalized spacial score (nSPS) is 11.3. The molecule has 2 N–H and O–H groups in total. The second-order valence-corrected chi connectivity index (χ2v) is 6.98. The molecule has 0 spiro atoms. The van der Waals surface area contributed by atoms with Gasteiger partial charge in [-0.3, -0.25) is 0 Å². The lowest BCUT2D eigenvalue weighted by atomic mass is 10.1. The van der Waals surface area contributed by atoms with Crippen molar-refractivity contribution in [2.75, 3.05) is 32.8 Å². The molecule has 0 aliphatic carbocycles. The molecular formula is C15H21N3O5S. The minimum absolute atomic E-state index is 0.0111. The highest BCUT2D eigenvalue weighted by Gasteiger charge is 2.20. The van der Waals surface area contributed by atoms with Crippen LogP contribution in [0.25, 0.3) is 11.1 Å². The van der Waals surface area contributed by atoms with Crippen LogP contribution in [0.15, 0.2) is 18.3 Å². The first-order valence-electron chi connectivity index (χ1n) is 7.26. The highest BCUT2D eigenvalue weighted by Crippen LogP contribution is 2.42. The SMILES string of the molecule is CCCS(=O)(=O)n1cc(-c2cc(OC)c(OC)c(OC)c2)c(N)n1. The summed E-state index contributed by atoms with van der Waals surface area (Å²) in [6, 6.07) is 3.37. The Morgan fingerprint density at radius 3 is 2.17 bits per heavy atom. The molecule has 1 heterocycles. The number of nitrogens with two attached hydrogens (primary N) is 1. The van der Waals surface area contributed by atoms with E-state index in [1.165, 1.54) is 27.5 Å². The van der Waals surface area contributed by atoms with E-state index in [9.17, 15) is 8.42 Å². The van der Waals surface area contributed by atoms with Gasteiger partial charge in [-0.25, -0.2) is 8.42 Å². The van der Waals surface area contributed by atoms with Crippen LogP contribution in [-0.2, 0) is 10.0 Å². The standard InChI is InChI=1S/C15H21N3O5S/c1-5-6-24(19,20)18-9-11(15(16)17-18)10-7-12(21-2)14(23-4)13(8-10)22-3/h7-9H,5-6H2,1-4H3,(H2,16,17). The van der Waals surface area contributed by atoms with E-state index in [-0.39, 0.29) is 11.6 Å². The summed E-state index contributed by atoms with van der Waals surface area (Å²) in [5, 5.41) is 3.92. The molecule has 0 atom stereocenters. The summed E-state index contributed by atoms with van der Waals surface area (Å²) < 4.78 is 41.1. The minimum Gasteiger partial charge on any atom is -0.493 e. The number of rotatable bonds is 7. The summed E-state index contributed by atoms with van der Waals surface area (Å²) >= 11 is 0. The fourth-order valence-electron chi connectivity index (χ4n) is 2.32. The Bertz CT molecular complexity index is 805. The highest BCUT2D eigenvalue weighted by molar-refractivity contribution is 7.89. The Balaban J connectivity index is 2.59. The molecule has 0 aliphatic rings. The molecular weight excluding hydrogens is 334 g/mol. The summed E-state index contributed by atoms with van der Waals surface area (Å²) in [6.45, 7) is 1.78. The zero-order valence-electron chi connectivity index (χ0n) is 14.1. The Hall–Kier alpha value is -2.42. The fourth-order valence-corrected chi connectivity index (χ4v) is 3.50. The molecule has 0 unspecified atom stereocenters. The second-order valence-electron chi connectivity index (χ2n) is 5.03. The Morgan fingerprint density at radius 1 is 1.12 bits per heavy atom. The molecule has 0 saturated heterocycles. The summed E-state index contributed by atoms with van der Waals surface area (Å²) in [6.07, 6.45) is 1.88. The number of methoxy groups -OCH3 is 3. The maximum atomic E-state index is 12.2. The van der Waals surface area contributed by atoms with Crippen LogP contribution in [-0.4, -0.2) is 44.7 Å². The van der Waals surface area contributed by atoms with Crippen LogP contribution in [0.5, 0.6) is 17.2 Å². The first-order chi connectivity index (χ1) is 11.4. The van der Waals surface area contributed by atoms with Crippen molar-refractivity contribution in [2.45, 2.75) is 13.3 Å². The van der Waals surface area contributed by atoms with Gasteiger partial charge in [-0.15, -0.1) is 5.10 Å². The third-order valence-electron chi connectivity index (χ3n) is 3.44. The van der Waals surface area contributed by atoms with Crippen LogP contribution in [0.1, 0.15) is 13.3 Å². The van der Waals surface area contributed by atoms with Gasteiger partial charge in [0.15, 0.2) is 17.3 Å². The molecule has 1 aromatic carbocycles. The van der Waals surface area contributed by atoms with Crippen LogP contribution >= 0.6 is 0 Å². The van der Waals surface area contributed by atoms with Gasteiger partial charge >= 0.3 is 0 Å². The number of hydrogen-bond acceptors (Lipinski definition) is 7. The van der Waals surface area contributed by atoms with E-state index >= 15 is 0 Å². The van der Waals surface area contributed by atoms with Crippen molar-refractivity contribution in [2.24, 2.45) is 0 Å². The highest BCUT2D eigenvalue weighted by atomic mass is 32.2. The van der Waals surface area contributed by atoms with Crippen molar-refractivity contribution in [1.82, 2.24) is 9.19 Å². The lowest BCUT2D eigenvalue weighted by molar-refractivity contribution is 0.324. The monoisotopic (exact) mass is 355 g/mol. The Labute approximate surface area is 141 Å². The van der Waals surface area contributed by atoms with Gasteiger partial charge in [0.25, 0.3) is 10.0 Å². The van der Waals surface area contributed by atoms with Crippen molar-refractivity contribution in [3.05, 3.63) is 18.3 Å². The van der Waals surface area contributed by atoms with Crippen molar-refractivity contribution in [1.29, 1.82) is 0 Å². The van der Waals surface area contributed by atoms with E-state index in [0.717, 1.165) is 4.09 Å². The van der Waals surface area contributed by atoms with Crippen molar-refractivity contribution in [3.8, 4) is 28.4 Å². The smallest absolute Gasteiger partial charge is 0.253 e. The average Bonchev–Trinajstić information content (AvgIpc) is 2.96. The maximum absolute atomic E-state index is 12.2. The molecule has 0 amide bonds. The number of anilines is 1. The molecule has 0 saturated carbocycles. The predicted octanol–water partition coefficient (Wildman–Crippen LogP) is 1.75. The zero-order chi connectivity index (χ0) is 17.9. The van der Waals surface area contributed by atoms with Gasteiger partial charge in [-0.05, 0) is 24.1 Å². The first-order valence-corrected chi connectivity index (χ1v) is 8.87. The van der Waals surface area contributed by atoms with E-state index in [2.05, 4.69) is 5.10 Å². The molecule has 1 aromatic heterocycles. The number of aromatic nitrogens is 2. The van der Waals surface area contributed by atoms with Gasteiger partial charge in [0.2, 0.25) is 5.75 Å². The van der Waals surface area contributed by atoms with Gasteiger partial charge in [-0.1, -0.05) is 6.92 Å². The molecule has 132 valence electrons. The number of nitrogens with zero attached hydrogens (tertiary/aromatic N) is 2. The molecule has 2 rings (SSSR count). The van der Waals surface area contributed by atoms with Crippen LogP contribution in [0.2, 0.25) is 0 Å². The molecule has 0 bridgehead atoms. The van der Waals surface area contributed by atoms with Crippen LogP contribution in [0.4, 0.5) is 5.82 Å². The zero-order valence-corrected chi connectivity index (χ0v) is 14.9. The van der Waals surface area contributed by atoms with E-state index < -0.39 is 10.0 Å². The summed E-state index contributed by atoms with van der Waals surface area (Å²) in [5.74, 6) is 1.41. The molecule has 0 radical (unpaired) electrons. The number of benzene rings is 1. The van der Waals surface area contributed by atoms with Crippen LogP contribution < -0.4 is 19.9 Å². The Morgan fingerprint density at radius 2 is 1.71 bits per heavy atom. The second kappa shape index (κ2) is 7.00. The fraction of sp³-hybridized carbons (Fsp3) is 0.400. The first kappa shape index (κ1) is 17.9. The van der Waals surface area contributed by atoms with E-state index in [4.69, 9.17) is 19.9 Å². The lowest BCUT2D eigenvalue weighted by Crippen LogP contribution is -2.16. The van der Waals surface area contributed by atoms with Crippen molar-refractivity contribution in [3.63, 3.8) is 0 Å². The van der Waals surface area contributed by atoms with Gasteiger partial charge in [0.05, 0.1) is 33.3 Å². The summed E-state index contributed by atoms with van der Waals surface area (Å²) in [4.78, 5) is 0. The third kappa shape index (κ3) is 3.25. The topological polar surface area (TPSA) is 106 Å². The van der Waals surface area contributed by atoms with E-state index in [1.54, 1.807) is 19.1 Å². The van der Waals surface area contributed by atoms with Crippen molar-refractivity contribution < 1.29 is 22.6 Å². The third-order valence-corrected chi connectivity index (χ3v) is 5.13. The summed E-state index contributed by atoms with van der Waals surface area (Å²) in [5.41, 5.74) is 6.99. The molecule has 8 nitrogen and oxygen atoms in total. The average molecular weight is 355 g/mol. The molecule has 2 aromatic rings. The van der Waals surface area contributed by atoms with E-state index in [1.807, 2.05) is 0 Å². The van der Waals surface area contributed by atoms with Crippen molar-refractivity contribution >= 4 is 15.8 Å². The van der Waals surface area contributed by atoms with Gasteiger partial charge < -0.3 is 19.9 Å². The van der Waals surface area contributed by atoms with Crippen LogP contribution in [0, 0.1) is 0 Å². The number of ether oxygens (including phenoxy) is 3. The maximum Gasteiger partial charge on any atom is 0.253 e. The minimum atomic E-state index is -3.53. The predicted molar refractivity (Wildman–Crippen MR) is 91.2 cm³/mol. The molecule has 0 aliphatic heterocycles. The molecule has 0 fully saturated rings. The molecule has 24 heavy (non-hydrogen) atoms. The lowest BCUT2D eigenvalue weighted by Gasteiger charge is -2.13. The largest absolute Gasteiger partial charge is 0.493 e. The van der Waals surface area contributed by atoms with E-state index in [0.29, 0.717) is 34.8 Å². The van der Waals surface area contributed by atoms with Gasteiger partial charge in [0.1, 0.15) is 0 Å². The van der Waals surface area contributed by atoms with Gasteiger partial charge in [0, 0.05) is 5.56 Å². The number of nitrogen functional groups attached to an aromatic ring is 1. The van der Waals surface area contributed by atoms with Crippen LogP contribution in [0.3, 0.4) is 0 Å². The Kier molecular flexibility index (Phi) is 5.23. The summed E-state index contributed by atoms with van der Waals surface area (Å²) in [7, 11) is 0.977.